The molecule has 0 spiro atoms. The van der Waals surface area contributed by atoms with Crippen LogP contribution in [-0.2, 0) is 6.54 Å². The van der Waals surface area contributed by atoms with E-state index in [1.807, 2.05) is 42.6 Å². The quantitative estimate of drug-likeness (QED) is 0.802. The van der Waals surface area contributed by atoms with Gasteiger partial charge in [-0.15, -0.1) is 11.3 Å². The van der Waals surface area contributed by atoms with Crippen molar-refractivity contribution in [2.24, 2.45) is 0 Å². The first-order valence-corrected chi connectivity index (χ1v) is 7.94. The molecule has 3 rings (SSSR count). The van der Waals surface area contributed by atoms with Crippen LogP contribution in [0.3, 0.4) is 0 Å². The lowest BCUT2D eigenvalue weighted by atomic mass is 10.1. The Morgan fingerprint density at radius 3 is 2.82 bits per heavy atom. The second-order valence-corrected chi connectivity index (χ2v) is 6.18. The van der Waals surface area contributed by atoms with Crippen molar-refractivity contribution in [1.29, 1.82) is 0 Å². The average molecular weight is 311 g/mol. The van der Waals surface area contributed by atoms with E-state index in [0.717, 1.165) is 11.3 Å². The molecule has 5 heteroatoms. The topological polar surface area (TPSA) is 46.9 Å². The van der Waals surface area contributed by atoms with Crippen LogP contribution in [-0.4, -0.2) is 9.55 Å². The summed E-state index contributed by atoms with van der Waals surface area (Å²) in [5.41, 5.74) is 3.09. The van der Waals surface area contributed by atoms with Gasteiger partial charge in [0.25, 0.3) is 5.56 Å². The fraction of sp³-hybridized carbons (Fsp3) is 0.176. The van der Waals surface area contributed by atoms with Gasteiger partial charge < -0.3 is 5.32 Å². The van der Waals surface area contributed by atoms with E-state index >= 15 is 0 Å². The number of benzene rings is 1. The molecule has 2 heterocycles. The number of nitrogens with zero attached hydrogens (tertiary/aromatic N) is 2. The van der Waals surface area contributed by atoms with Crippen LogP contribution in [0.4, 0.5) is 5.82 Å². The molecule has 0 amide bonds. The van der Waals surface area contributed by atoms with E-state index in [0.29, 0.717) is 12.4 Å². The SMILES string of the molecule is Cc1ccc(-n2ccnc(NCc3cccs3)c2=O)cc1C. The van der Waals surface area contributed by atoms with E-state index in [2.05, 4.69) is 17.2 Å². The van der Waals surface area contributed by atoms with Crippen molar-refractivity contribution in [1.82, 2.24) is 9.55 Å². The molecule has 0 unspecified atom stereocenters. The Balaban J connectivity index is 1.91. The van der Waals surface area contributed by atoms with Gasteiger partial charge >= 0.3 is 0 Å². The van der Waals surface area contributed by atoms with E-state index in [1.54, 1.807) is 28.3 Å². The zero-order valence-electron chi connectivity index (χ0n) is 12.5. The maximum Gasteiger partial charge on any atom is 0.297 e. The third-order valence-electron chi connectivity index (χ3n) is 3.62. The molecule has 0 bridgehead atoms. The number of aromatic nitrogens is 2. The van der Waals surface area contributed by atoms with Crippen molar-refractivity contribution in [3.8, 4) is 5.69 Å². The number of thiophene rings is 1. The van der Waals surface area contributed by atoms with Gasteiger partial charge in [-0.05, 0) is 48.6 Å². The van der Waals surface area contributed by atoms with Gasteiger partial charge in [-0.3, -0.25) is 9.36 Å². The van der Waals surface area contributed by atoms with Gasteiger partial charge in [-0.2, -0.15) is 0 Å². The maximum atomic E-state index is 12.6. The zero-order valence-corrected chi connectivity index (χ0v) is 13.4. The fourth-order valence-corrected chi connectivity index (χ4v) is 2.84. The van der Waals surface area contributed by atoms with Crippen LogP contribution in [0.1, 0.15) is 16.0 Å². The van der Waals surface area contributed by atoms with Gasteiger partial charge in [-0.25, -0.2) is 4.98 Å². The van der Waals surface area contributed by atoms with Crippen LogP contribution in [0.5, 0.6) is 0 Å². The highest BCUT2D eigenvalue weighted by Crippen LogP contribution is 2.13. The molecule has 0 aliphatic rings. The van der Waals surface area contributed by atoms with Gasteiger partial charge in [0.15, 0.2) is 5.82 Å². The molecule has 0 radical (unpaired) electrons. The lowest BCUT2D eigenvalue weighted by Gasteiger charge is -2.10. The van der Waals surface area contributed by atoms with E-state index in [9.17, 15) is 4.79 Å². The maximum absolute atomic E-state index is 12.6. The standard InChI is InChI=1S/C17H17N3OS/c1-12-5-6-14(10-13(12)2)20-8-7-18-16(17(20)21)19-11-15-4-3-9-22-15/h3-10H,11H2,1-2H3,(H,18,19). The Kier molecular flexibility index (Phi) is 4.06. The lowest BCUT2D eigenvalue weighted by Crippen LogP contribution is -2.23. The summed E-state index contributed by atoms with van der Waals surface area (Å²) >= 11 is 1.65. The number of rotatable bonds is 4. The monoisotopic (exact) mass is 311 g/mol. The molecule has 1 aromatic carbocycles. The van der Waals surface area contributed by atoms with Crippen LogP contribution in [0.2, 0.25) is 0 Å². The lowest BCUT2D eigenvalue weighted by molar-refractivity contribution is 0.944. The van der Waals surface area contributed by atoms with Gasteiger partial charge in [-0.1, -0.05) is 12.1 Å². The highest BCUT2D eigenvalue weighted by molar-refractivity contribution is 7.09. The predicted octanol–water partition coefficient (Wildman–Crippen LogP) is 3.52. The van der Waals surface area contributed by atoms with E-state index in [4.69, 9.17) is 0 Å². The van der Waals surface area contributed by atoms with Crippen LogP contribution in [0, 0.1) is 13.8 Å². The van der Waals surface area contributed by atoms with Crippen molar-refractivity contribution in [3.05, 3.63) is 74.5 Å². The molecule has 2 aromatic heterocycles. The normalized spacial score (nSPS) is 10.6. The minimum atomic E-state index is -0.137. The zero-order chi connectivity index (χ0) is 15.5. The molecule has 22 heavy (non-hydrogen) atoms. The van der Waals surface area contributed by atoms with E-state index in [-0.39, 0.29) is 5.56 Å². The van der Waals surface area contributed by atoms with Crippen molar-refractivity contribution in [3.63, 3.8) is 0 Å². The molecule has 0 fully saturated rings. The average Bonchev–Trinajstić information content (AvgIpc) is 3.02. The van der Waals surface area contributed by atoms with Gasteiger partial charge in [0.2, 0.25) is 0 Å². The highest BCUT2D eigenvalue weighted by Gasteiger charge is 2.07. The Hall–Kier alpha value is -2.40. The van der Waals surface area contributed by atoms with E-state index < -0.39 is 0 Å². The predicted molar refractivity (Wildman–Crippen MR) is 91.0 cm³/mol. The summed E-state index contributed by atoms with van der Waals surface area (Å²) in [5.74, 6) is 0.370. The Labute approximate surface area is 133 Å². The Morgan fingerprint density at radius 1 is 1.23 bits per heavy atom. The van der Waals surface area contributed by atoms with Crippen LogP contribution in [0.25, 0.3) is 5.69 Å². The van der Waals surface area contributed by atoms with Crippen molar-refractivity contribution < 1.29 is 0 Å². The van der Waals surface area contributed by atoms with Gasteiger partial charge in [0.05, 0.1) is 6.54 Å². The second kappa shape index (κ2) is 6.15. The smallest absolute Gasteiger partial charge is 0.297 e. The first-order valence-electron chi connectivity index (χ1n) is 7.06. The molecule has 0 aliphatic heterocycles. The summed E-state index contributed by atoms with van der Waals surface area (Å²) in [6.45, 7) is 4.71. The molecule has 0 atom stereocenters. The molecular formula is C17H17N3OS. The van der Waals surface area contributed by atoms with E-state index in [1.165, 1.54) is 10.4 Å². The van der Waals surface area contributed by atoms with Crippen molar-refractivity contribution in [2.45, 2.75) is 20.4 Å². The first kappa shape index (κ1) is 14.5. The van der Waals surface area contributed by atoms with Crippen LogP contribution < -0.4 is 10.9 Å². The molecule has 112 valence electrons. The Bertz CT molecular complexity index is 837. The molecule has 4 nitrogen and oxygen atoms in total. The van der Waals surface area contributed by atoms with Gasteiger partial charge in [0, 0.05) is 23.0 Å². The summed E-state index contributed by atoms with van der Waals surface area (Å²) in [5, 5.41) is 5.13. The van der Waals surface area contributed by atoms with Crippen molar-refractivity contribution >= 4 is 17.2 Å². The van der Waals surface area contributed by atoms with Gasteiger partial charge in [0.1, 0.15) is 0 Å². The fourth-order valence-electron chi connectivity index (χ4n) is 2.20. The summed E-state index contributed by atoms with van der Waals surface area (Å²) in [6, 6.07) is 10.0. The number of hydrogen-bond acceptors (Lipinski definition) is 4. The van der Waals surface area contributed by atoms with Crippen LogP contribution >= 0.6 is 11.3 Å². The number of hydrogen-bond donors (Lipinski definition) is 1. The molecule has 3 aromatic rings. The number of aryl methyl sites for hydroxylation is 2. The molecular weight excluding hydrogens is 294 g/mol. The Morgan fingerprint density at radius 2 is 2.09 bits per heavy atom. The molecule has 0 saturated heterocycles. The third-order valence-corrected chi connectivity index (χ3v) is 4.50. The summed E-state index contributed by atoms with van der Waals surface area (Å²) in [4.78, 5) is 17.9. The third kappa shape index (κ3) is 2.94. The summed E-state index contributed by atoms with van der Waals surface area (Å²) < 4.78 is 1.62. The molecule has 0 aliphatic carbocycles. The minimum Gasteiger partial charge on any atom is -0.361 e. The minimum absolute atomic E-state index is 0.137. The summed E-state index contributed by atoms with van der Waals surface area (Å²) in [6.07, 6.45) is 3.34. The van der Waals surface area contributed by atoms with Crippen LogP contribution in [0.15, 0.2) is 52.9 Å². The number of anilines is 1. The summed E-state index contributed by atoms with van der Waals surface area (Å²) in [7, 11) is 0. The second-order valence-electron chi connectivity index (χ2n) is 5.15. The largest absolute Gasteiger partial charge is 0.361 e. The molecule has 0 saturated carbocycles. The molecule has 1 N–H and O–H groups in total. The first-order chi connectivity index (χ1) is 10.6. The number of nitrogens with one attached hydrogen (secondary N) is 1. The van der Waals surface area contributed by atoms with Crippen molar-refractivity contribution in [2.75, 3.05) is 5.32 Å². The highest BCUT2D eigenvalue weighted by atomic mass is 32.1.